The zero-order valence-electron chi connectivity index (χ0n) is 15.1. The van der Waals surface area contributed by atoms with Crippen molar-refractivity contribution < 1.29 is 9.84 Å². The normalized spacial score (nSPS) is 18.3. The van der Waals surface area contributed by atoms with Crippen LogP contribution in [0.5, 0.6) is 0 Å². The molecule has 0 amide bonds. The summed E-state index contributed by atoms with van der Waals surface area (Å²) in [6, 6.07) is 8.23. The lowest BCUT2D eigenvalue weighted by molar-refractivity contribution is 0.0165. The summed E-state index contributed by atoms with van der Waals surface area (Å²) >= 11 is 0. The van der Waals surface area contributed by atoms with Gasteiger partial charge in [0.2, 0.25) is 0 Å². The van der Waals surface area contributed by atoms with Gasteiger partial charge in [-0.05, 0) is 30.0 Å². The highest BCUT2D eigenvalue weighted by molar-refractivity contribution is 14.0. The lowest BCUT2D eigenvalue weighted by Crippen LogP contribution is -2.42. The van der Waals surface area contributed by atoms with Crippen molar-refractivity contribution in [2.45, 2.75) is 32.3 Å². The van der Waals surface area contributed by atoms with Crippen LogP contribution in [-0.4, -0.2) is 61.5 Å². The van der Waals surface area contributed by atoms with E-state index < -0.39 is 6.10 Å². The minimum atomic E-state index is -0.517. The van der Waals surface area contributed by atoms with E-state index in [0.717, 1.165) is 38.4 Å². The molecule has 0 spiro atoms. The number of nitrogens with zero attached hydrogens (tertiary/aromatic N) is 2. The molecule has 0 bridgehead atoms. The lowest BCUT2D eigenvalue weighted by atomic mass is 9.99. The number of guanidine groups is 1. The van der Waals surface area contributed by atoms with Crippen molar-refractivity contribution in [3.63, 3.8) is 0 Å². The van der Waals surface area contributed by atoms with E-state index in [9.17, 15) is 5.11 Å². The van der Waals surface area contributed by atoms with E-state index >= 15 is 0 Å². The van der Waals surface area contributed by atoms with Gasteiger partial charge in [0.05, 0.1) is 25.9 Å². The molecule has 0 aromatic heterocycles. The van der Waals surface area contributed by atoms with E-state index in [1.807, 2.05) is 12.1 Å². The van der Waals surface area contributed by atoms with E-state index in [0.29, 0.717) is 25.0 Å². The van der Waals surface area contributed by atoms with Crippen LogP contribution in [0.3, 0.4) is 0 Å². The van der Waals surface area contributed by atoms with E-state index in [-0.39, 0.29) is 24.0 Å². The first-order valence-electron chi connectivity index (χ1n) is 8.73. The van der Waals surface area contributed by atoms with Crippen LogP contribution in [-0.2, 0) is 4.74 Å². The maximum absolute atomic E-state index is 10.1. The molecule has 1 aromatic carbocycles. The average Bonchev–Trinajstić information content (AvgIpc) is 2.61. The second-order valence-corrected chi connectivity index (χ2v) is 6.35. The monoisotopic (exact) mass is 462 g/mol. The Morgan fingerprint density at radius 1 is 1.32 bits per heavy atom. The Morgan fingerprint density at radius 2 is 1.96 bits per heavy atom. The van der Waals surface area contributed by atoms with E-state index in [2.05, 4.69) is 41.2 Å². The van der Waals surface area contributed by atoms with Gasteiger partial charge in [-0.25, -0.2) is 0 Å². The molecule has 0 aliphatic carbocycles. The van der Waals surface area contributed by atoms with Gasteiger partial charge in [-0.15, -0.1) is 24.0 Å². The second-order valence-electron chi connectivity index (χ2n) is 6.35. The zero-order valence-corrected chi connectivity index (χ0v) is 17.5. The summed E-state index contributed by atoms with van der Waals surface area (Å²) in [5.41, 5.74) is 8.13. The molecule has 2 rings (SSSR count). The molecule has 142 valence electrons. The molecule has 1 fully saturated rings. The number of morpholine rings is 1. The number of hydrogen-bond acceptors (Lipinski definition) is 4. The van der Waals surface area contributed by atoms with Crippen LogP contribution in [0.25, 0.3) is 0 Å². The molecule has 1 aliphatic rings. The molecular formula is C18H31IN4O2. The number of aliphatic hydroxyl groups excluding tert-OH is 1. The van der Waals surface area contributed by atoms with Gasteiger partial charge in [0.1, 0.15) is 0 Å². The van der Waals surface area contributed by atoms with Crippen molar-refractivity contribution in [3.8, 4) is 0 Å². The third-order valence-electron chi connectivity index (χ3n) is 4.41. The fourth-order valence-electron chi connectivity index (χ4n) is 2.66. The van der Waals surface area contributed by atoms with Crippen LogP contribution in [0.4, 0.5) is 5.69 Å². The number of nitrogens with one attached hydrogen (secondary N) is 1. The van der Waals surface area contributed by atoms with Gasteiger partial charge in [0, 0.05) is 25.3 Å². The smallest absolute Gasteiger partial charge is 0.193 e. The molecule has 7 heteroatoms. The summed E-state index contributed by atoms with van der Waals surface area (Å²) in [6.07, 6.45) is 0.605. The molecule has 2 unspecified atom stereocenters. The number of halogens is 1. The van der Waals surface area contributed by atoms with Crippen LogP contribution in [0, 0.1) is 0 Å². The quantitative estimate of drug-likeness (QED) is 0.329. The highest BCUT2D eigenvalue weighted by Crippen LogP contribution is 2.20. The van der Waals surface area contributed by atoms with Gasteiger partial charge in [-0.1, -0.05) is 26.0 Å². The minimum Gasteiger partial charge on any atom is -0.390 e. The van der Waals surface area contributed by atoms with Gasteiger partial charge in [0.25, 0.3) is 0 Å². The zero-order chi connectivity index (χ0) is 17.4. The number of aliphatic hydroxyl groups is 1. The second kappa shape index (κ2) is 11.7. The fraction of sp³-hybridized carbons (Fsp3) is 0.611. The Morgan fingerprint density at radius 3 is 2.56 bits per heavy atom. The van der Waals surface area contributed by atoms with Crippen molar-refractivity contribution in [2.24, 2.45) is 10.7 Å². The number of β-amino-alcohol motifs (C(OH)–C–C–N with tert-alkyl or cyclic N) is 1. The molecule has 2 atom stereocenters. The predicted molar refractivity (Wildman–Crippen MR) is 114 cm³/mol. The summed E-state index contributed by atoms with van der Waals surface area (Å²) in [6.45, 7) is 8.47. The van der Waals surface area contributed by atoms with Crippen LogP contribution in [0.15, 0.2) is 29.3 Å². The molecular weight excluding hydrogens is 431 g/mol. The average molecular weight is 462 g/mol. The Kier molecular flexibility index (Phi) is 10.3. The van der Waals surface area contributed by atoms with E-state index in [1.54, 1.807) is 0 Å². The van der Waals surface area contributed by atoms with Gasteiger partial charge in [-0.2, -0.15) is 0 Å². The standard InChI is InChI=1S/C18H30N4O2.HI/c1-3-14(2)15-4-6-16(7-5-15)21-18(19)20-12-17(23)13-22-8-10-24-11-9-22;/h4-7,14,17,23H,3,8-13H2,1-2H3,(H3,19,20,21);1H. The third kappa shape index (κ3) is 7.89. The first-order chi connectivity index (χ1) is 11.6. The molecule has 4 N–H and O–H groups in total. The Hall–Kier alpha value is -0.900. The van der Waals surface area contributed by atoms with Crippen molar-refractivity contribution >= 4 is 35.6 Å². The maximum atomic E-state index is 10.1. The van der Waals surface area contributed by atoms with Crippen LogP contribution in [0.1, 0.15) is 31.7 Å². The molecule has 6 nitrogen and oxygen atoms in total. The number of ether oxygens (including phenoxy) is 1. The van der Waals surface area contributed by atoms with Crippen LogP contribution >= 0.6 is 24.0 Å². The van der Waals surface area contributed by atoms with Crippen molar-refractivity contribution in [3.05, 3.63) is 29.8 Å². The highest BCUT2D eigenvalue weighted by Gasteiger charge is 2.14. The van der Waals surface area contributed by atoms with E-state index in [4.69, 9.17) is 10.5 Å². The fourth-order valence-corrected chi connectivity index (χ4v) is 2.66. The SMILES string of the molecule is CCC(C)c1ccc(NC(N)=NCC(O)CN2CCOCC2)cc1.I. The molecule has 1 heterocycles. The van der Waals surface area contributed by atoms with Gasteiger partial charge < -0.3 is 20.9 Å². The Labute approximate surface area is 167 Å². The van der Waals surface area contributed by atoms with E-state index in [1.165, 1.54) is 5.56 Å². The molecule has 1 aliphatic heterocycles. The summed E-state index contributed by atoms with van der Waals surface area (Å²) in [4.78, 5) is 6.42. The topological polar surface area (TPSA) is 83.1 Å². The predicted octanol–water partition coefficient (Wildman–Crippen LogP) is 2.24. The number of anilines is 1. The van der Waals surface area contributed by atoms with Gasteiger partial charge >= 0.3 is 0 Å². The number of aliphatic imine (C=N–C) groups is 1. The van der Waals surface area contributed by atoms with Crippen molar-refractivity contribution in [2.75, 3.05) is 44.7 Å². The number of hydrogen-bond donors (Lipinski definition) is 3. The summed E-state index contributed by atoms with van der Waals surface area (Å²) in [5.74, 6) is 0.882. The summed E-state index contributed by atoms with van der Waals surface area (Å²) in [5, 5.41) is 13.1. The molecule has 0 saturated carbocycles. The summed E-state index contributed by atoms with van der Waals surface area (Å²) in [7, 11) is 0. The minimum absolute atomic E-state index is 0. The molecule has 0 radical (unpaired) electrons. The molecule has 25 heavy (non-hydrogen) atoms. The Bertz CT molecular complexity index is 518. The molecule has 1 saturated heterocycles. The summed E-state index contributed by atoms with van der Waals surface area (Å²) < 4.78 is 5.30. The van der Waals surface area contributed by atoms with Crippen LogP contribution < -0.4 is 11.1 Å². The van der Waals surface area contributed by atoms with Gasteiger partial charge in [0.15, 0.2) is 5.96 Å². The number of benzene rings is 1. The Balaban J connectivity index is 0.00000312. The lowest BCUT2D eigenvalue weighted by Gasteiger charge is -2.28. The molecule has 1 aromatic rings. The highest BCUT2D eigenvalue weighted by atomic mass is 127. The van der Waals surface area contributed by atoms with Gasteiger partial charge in [-0.3, -0.25) is 9.89 Å². The number of nitrogens with two attached hydrogens (primary N) is 1. The maximum Gasteiger partial charge on any atom is 0.193 e. The largest absolute Gasteiger partial charge is 0.390 e. The van der Waals surface area contributed by atoms with Crippen LogP contribution in [0.2, 0.25) is 0 Å². The third-order valence-corrected chi connectivity index (χ3v) is 4.41. The number of rotatable bonds is 7. The first kappa shape index (κ1) is 22.1. The van der Waals surface area contributed by atoms with Crippen molar-refractivity contribution in [1.29, 1.82) is 0 Å². The van der Waals surface area contributed by atoms with Crippen molar-refractivity contribution in [1.82, 2.24) is 4.90 Å². The first-order valence-corrected chi connectivity index (χ1v) is 8.73.